The quantitative estimate of drug-likeness (QED) is 0.732. The highest BCUT2D eigenvalue weighted by atomic mass is 32.2. The number of carbonyl (C=O) groups excluding carboxylic acids is 1. The minimum absolute atomic E-state index is 0.0923. The van der Waals surface area contributed by atoms with Gasteiger partial charge in [0.15, 0.2) is 0 Å². The second-order valence-corrected chi connectivity index (χ2v) is 11.4. The highest BCUT2D eigenvalue weighted by Gasteiger charge is 2.31. The zero-order valence-corrected chi connectivity index (χ0v) is 17.6. The van der Waals surface area contributed by atoms with Crippen molar-refractivity contribution in [2.24, 2.45) is 0 Å². The molecule has 0 aliphatic carbocycles. The monoisotopic (exact) mass is 424 g/mol. The first-order valence-electron chi connectivity index (χ1n) is 9.47. The lowest BCUT2D eigenvalue weighted by Gasteiger charge is -2.25. The Bertz CT molecular complexity index is 883. The van der Waals surface area contributed by atoms with Gasteiger partial charge in [-0.1, -0.05) is 12.5 Å². The normalized spacial score (nSPS) is 21.6. The molecule has 8 heteroatoms. The Labute approximate surface area is 168 Å². The zero-order valence-electron chi connectivity index (χ0n) is 15.2. The van der Waals surface area contributed by atoms with E-state index in [0.29, 0.717) is 17.3 Å². The number of sulfonamides is 1. The van der Waals surface area contributed by atoms with Crippen LogP contribution >= 0.6 is 22.7 Å². The van der Waals surface area contributed by atoms with E-state index in [0.717, 1.165) is 43.5 Å². The van der Waals surface area contributed by atoms with Crippen molar-refractivity contribution < 1.29 is 13.2 Å². The molecule has 2 aromatic heterocycles. The molecule has 0 N–H and O–H groups in total. The summed E-state index contributed by atoms with van der Waals surface area (Å²) in [5.41, 5.74) is 0. The van der Waals surface area contributed by atoms with Crippen molar-refractivity contribution in [3.8, 4) is 0 Å². The van der Waals surface area contributed by atoms with Gasteiger partial charge >= 0.3 is 0 Å². The van der Waals surface area contributed by atoms with Crippen LogP contribution in [0, 0.1) is 0 Å². The number of piperidine rings is 1. The average Bonchev–Trinajstić information content (AvgIpc) is 3.42. The van der Waals surface area contributed by atoms with Gasteiger partial charge in [-0.05, 0) is 49.3 Å². The molecular weight excluding hydrogens is 400 g/mol. The van der Waals surface area contributed by atoms with Crippen molar-refractivity contribution >= 4 is 38.6 Å². The lowest BCUT2D eigenvalue weighted by molar-refractivity contribution is -0.131. The molecule has 1 amide bonds. The molecule has 0 bridgehead atoms. The molecular formula is C19H24N2O3S3. The standard InChI is InChI=1S/C19H24N2O3S3/c22-18(21-12-4-6-16(21)17-7-5-13-25-17)14-15-8-9-19(26-15)27(23,24)20-10-2-1-3-11-20/h5,7-9,13,16H,1-4,6,10-12,14H2. The van der Waals surface area contributed by atoms with Gasteiger partial charge in [0.2, 0.25) is 5.91 Å². The Balaban J connectivity index is 1.45. The Kier molecular flexibility index (Phi) is 5.68. The summed E-state index contributed by atoms with van der Waals surface area (Å²) in [5, 5.41) is 2.05. The van der Waals surface area contributed by atoms with Crippen LogP contribution in [0.2, 0.25) is 0 Å². The highest BCUT2D eigenvalue weighted by molar-refractivity contribution is 7.91. The Morgan fingerprint density at radius 3 is 2.63 bits per heavy atom. The van der Waals surface area contributed by atoms with Gasteiger partial charge in [-0.2, -0.15) is 4.31 Å². The molecule has 2 aliphatic heterocycles. The summed E-state index contributed by atoms with van der Waals surface area (Å²) in [7, 11) is -3.41. The van der Waals surface area contributed by atoms with Gasteiger partial charge in [0.05, 0.1) is 12.5 Å². The Morgan fingerprint density at radius 1 is 1.07 bits per heavy atom. The Hall–Kier alpha value is -1.22. The van der Waals surface area contributed by atoms with Crippen LogP contribution in [0.1, 0.15) is 47.9 Å². The van der Waals surface area contributed by atoms with Crippen LogP contribution < -0.4 is 0 Å². The van der Waals surface area contributed by atoms with Crippen LogP contribution in [0.4, 0.5) is 0 Å². The molecule has 27 heavy (non-hydrogen) atoms. The molecule has 5 nitrogen and oxygen atoms in total. The van der Waals surface area contributed by atoms with Crippen molar-refractivity contribution in [1.29, 1.82) is 0 Å². The van der Waals surface area contributed by atoms with Crippen LogP contribution in [-0.4, -0.2) is 43.2 Å². The Morgan fingerprint density at radius 2 is 1.89 bits per heavy atom. The first-order chi connectivity index (χ1) is 13.1. The summed E-state index contributed by atoms with van der Waals surface area (Å²) in [6.45, 7) is 1.99. The third kappa shape index (κ3) is 3.99. The molecule has 4 heterocycles. The van der Waals surface area contributed by atoms with E-state index in [4.69, 9.17) is 0 Å². The van der Waals surface area contributed by atoms with Crippen LogP contribution in [0.25, 0.3) is 0 Å². The largest absolute Gasteiger partial charge is 0.335 e. The number of hydrogen-bond acceptors (Lipinski definition) is 5. The van der Waals surface area contributed by atoms with E-state index in [9.17, 15) is 13.2 Å². The van der Waals surface area contributed by atoms with Crippen molar-refractivity contribution in [3.63, 3.8) is 0 Å². The van der Waals surface area contributed by atoms with E-state index < -0.39 is 10.0 Å². The molecule has 2 fully saturated rings. The first-order valence-corrected chi connectivity index (χ1v) is 12.6. The second kappa shape index (κ2) is 8.03. The molecule has 146 valence electrons. The number of amides is 1. The summed E-state index contributed by atoms with van der Waals surface area (Å²) >= 11 is 2.94. The number of nitrogens with zero attached hydrogens (tertiary/aromatic N) is 2. The summed E-state index contributed by atoms with van der Waals surface area (Å²) < 4.78 is 27.5. The van der Waals surface area contributed by atoms with E-state index >= 15 is 0 Å². The van der Waals surface area contributed by atoms with Crippen LogP contribution in [-0.2, 0) is 21.2 Å². The van der Waals surface area contributed by atoms with Gasteiger partial charge in [-0.15, -0.1) is 22.7 Å². The maximum atomic E-state index is 12.9. The summed E-state index contributed by atoms with van der Waals surface area (Å²) in [6, 6.07) is 7.76. The third-order valence-electron chi connectivity index (χ3n) is 5.32. The van der Waals surface area contributed by atoms with Crippen LogP contribution in [0.15, 0.2) is 33.9 Å². The van der Waals surface area contributed by atoms with Crippen LogP contribution in [0.5, 0.6) is 0 Å². The molecule has 4 rings (SSSR count). The lowest BCUT2D eigenvalue weighted by atomic mass is 10.2. The summed E-state index contributed by atoms with van der Waals surface area (Å²) in [6.07, 6.45) is 5.25. The van der Waals surface area contributed by atoms with Gasteiger partial charge in [-0.3, -0.25) is 4.79 Å². The van der Waals surface area contributed by atoms with E-state index in [1.807, 2.05) is 16.3 Å². The minimum atomic E-state index is -3.41. The first kappa shape index (κ1) is 19.1. The smallest absolute Gasteiger partial charge is 0.252 e. The number of carbonyl (C=O) groups is 1. The summed E-state index contributed by atoms with van der Waals surface area (Å²) in [5.74, 6) is 0.0923. The zero-order chi connectivity index (χ0) is 18.9. The van der Waals surface area contributed by atoms with E-state index in [-0.39, 0.29) is 18.4 Å². The van der Waals surface area contributed by atoms with Crippen molar-refractivity contribution in [2.75, 3.05) is 19.6 Å². The molecule has 2 saturated heterocycles. The van der Waals surface area contributed by atoms with E-state index in [1.54, 1.807) is 27.8 Å². The van der Waals surface area contributed by atoms with Gasteiger partial charge in [0.25, 0.3) is 10.0 Å². The molecule has 1 unspecified atom stereocenters. The van der Waals surface area contributed by atoms with Crippen molar-refractivity contribution in [1.82, 2.24) is 9.21 Å². The van der Waals surface area contributed by atoms with Gasteiger partial charge in [0, 0.05) is 29.4 Å². The molecule has 1 atom stereocenters. The fourth-order valence-corrected chi connectivity index (χ4v) is 7.81. The highest BCUT2D eigenvalue weighted by Crippen LogP contribution is 2.35. The predicted octanol–water partition coefficient (Wildman–Crippen LogP) is 3.89. The SMILES string of the molecule is O=C(Cc1ccc(S(=O)(=O)N2CCCCC2)s1)N1CCCC1c1cccs1. The molecule has 0 saturated carbocycles. The maximum absolute atomic E-state index is 12.9. The number of likely N-dealkylation sites (tertiary alicyclic amines) is 1. The summed E-state index contributed by atoms with van der Waals surface area (Å²) in [4.78, 5) is 16.9. The lowest BCUT2D eigenvalue weighted by Crippen LogP contribution is -2.35. The van der Waals surface area contributed by atoms with Crippen LogP contribution in [0.3, 0.4) is 0 Å². The maximum Gasteiger partial charge on any atom is 0.252 e. The van der Waals surface area contributed by atoms with E-state index in [2.05, 4.69) is 6.07 Å². The minimum Gasteiger partial charge on any atom is -0.335 e. The fraction of sp³-hybridized carbons (Fsp3) is 0.526. The van der Waals surface area contributed by atoms with Crippen molar-refractivity contribution in [3.05, 3.63) is 39.4 Å². The predicted molar refractivity (Wildman–Crippen MR) is 109 cm³/mol. The van der Waals surface area contributed by atoms with Gasteiger partial charge in [0.1, 0.15) is 4.21 Å². The van der Waals surface area contributed by atoms with Crippen molar-refractivity contribution in [2.45, 2.75) is 48.8 Å². The van der Waals surface area contributed by atoms with Gasteiger partial charge in [-0.25, -0.2) is 8.42 Å². The average molecular weight is 425 g/mol. The molecule has 2 aromatic rings. The molecule has 0 radical (unpaired) electrons. The number of hydrogen-bond donors (Lipinski definition) is 0. The number of thiophene rings is 2. The topological polar surface area (TPSA) is 57.7 Å². The third-order valence-corrected chi connectivity index (χ3v) is 9.74. The molecule has 0 spiro atoms. The fourth-order valence-electron chi connectivity index (χ4n) is 3.92. The molecule has 0 aromatic carbocycles. The second-order valence-electron chi connectivity index (χ2n) is 7.12. The van der Waals surface area contributed by atoms with E-state index in [1.165, 1.54) is 16.2 Å². The number of rotatable bonds is 5. The molecule has 2 aliphatic rings. The van der Waals surface area contributed by atoms with Gasteiger partial charge < -0.3 is 4.90 Å².